The van der Waals surface area contributed by atoms with Gasteiger partial charge in [-0.1, -0.05) is 30.0 Å². The highest BCUT2D eigenvalue weighted by molar-refractivity contribution is 5.95. The van der Waals surface area contributed by atoms with Gasteiger partial charge in [-0.3, -0.25) is 14.6 Å². The minimum Gasteiger partial charge on any atom is -0.388 e. The quantitative estimate of drug-likeness (QED) is 0.410. The molecule has 0 aromatic heterocycles. The van der Waals surface area contributed by atoms with Gasteiger partial charge < -0.3 is 15.0 Å². The number of benzene rings is 2. The number of carbonyl (C=O) groups excluding carboxylic acids is 1. The fourth-order valence-corrected chi connectivity index (χ4v) is 5.44. The third-order valence-corrected chi connectivity index (χ3v) is 8.18. The minimum absolute atomic E-state index is 0. The van der Waals surface area contributed by atoms with Gasteiger partial charge in [0.25, 0.3) is 5.91 Å². The van der Waals surface area contributed by atoms with Crippen LogP contribution < -0.4 is 5.32 Å². The topological polar surface area (TPSA) is 48.1 Å². The summed E-state index contributed by atoms with van der Waals surface area (Å²) in [7, 11) is 1.55. The molecule has 1 amide bonds. The number of rotatable bonds is 6. The van der Waals surface area contributed by atoms with Gasteiger partial charge in [-0.15, -0.1) is 24.8 Å². The van der Waals surface area contributed by atoms with Crippen LogP contribution in [-0.2, 0) is 17.3 Å². The van der Waals surface area contributed by atoms with Crippen molar-refractivity contribution in [3.8, 4) is 11.8 Å². The van der Waals surface area contributed by atoms with Crippen molar-refractivity contribution in [3.05, 3.63) is 64.2 Å². The van der Waals surface area contributed by atoms with Gasteiger partial charge in [0.05, 0.1) is 31.9 Å². The van der Waals surface area contributed by atoms with Crippen LogP contribution in [0, 0.1) is 25.7 Å². The van der Waals surface area contributed by atoms with E-state index in [0.717, 1.165) is 24.2 Å². The van der Waals surface area contributed by atoms with Gasteiger partial charge in [0.1, 0.15) is 0 Å². The maximum atomic E-state index is 13.7. The zero-order valence-corrected chi connectivity index (χ0v) is 27.1. The average Bonchev–Trinajstić information content (AvgIpc) is 2.92. The van der Waals surface area contributed by atoms with E-state index in [4.69, 9.17) is 4.74 Å². The first-order valence-electron chi connectivity index (χ1n) is 14.2. The number of halogens is 5. The maximum Gasteiger partial charge on any atom is 0.416 e. The molecule has 0 bridgehead atoms. The van der Waals surface area contributed by atoms with Crippen molar-refractivity contribution in [2.24, 2.45) is 0 Å². The number of anilines is 1. The van der Waals surface area contributed by atoms with Gasteiger partial charge in [0, 0.05) is 56.1 Å². The molecular weight excluding hydrogens is 600 g/mol. The number of hydrogen-bond donors (Lipinski definition) is 1. The number of carbonyl (C=O) groups is 1. The molecule has 2 heterocycles. The van der Waals surface area contributed by atoms with E-state index < -0.39 is 11.7 Å². The zero-order chi connectivity index (χ0) is 29.8. The predicted octanol–water partition coefficient (Wildman–Crippen LogP) is 5.69. The van der Waals surface area contributed by atoms with Crippen LogP contribution in [0.25, 0.3) is 0 Å². The van der Waals surface area contributed by atoms with Gasteiger partial charge in [0.15, 0.2) is 0 Å². The lowest BCUT2D eigenvalue weighted by Gasteiger charge is -2.41. The predicted molar refractivity (Wildman–Crippen MR) is 171 cm³/mol. The molecule has 43 heavy (non-hydrogen) atoms. The van der Waals surface area contributed by atoms with Crippen LogP contribution in [-0.4, -0.2) is 91.7 Å². The van der Waals surface area contributed by atoms with Crippen LogP contribution >= 0.6 is 24.8 Å². The minimum atomic E-state index is -4.55. The molecular formula is C32H43Cl2F3N4O2. The molecule has 2 fully saturated rings. The molecule has 2 aliphatic rings. The van der Waals surface area contributed by atoms with Crippen molar-refractivity contribution in [3.63, 3.8) is 0 Å². The fraction of sp³-hybridized carbons (Fsp3) is 0.531. The van der Waals surface area contributed by atoms with E-state index in [1.807, 2.05) is 0 Å². The summed E-state index contributed by atoms with van der Waals surface area (Å²) in [6.07, 6.45) is -3.94. The summed E-state index contributed by atoms with van der Waals surface area (Å²) in [4.78, 5) is 20.0. The molecule has 1 N–H and O–H groups in total. The summed E-state index contributed by atoms with van der Waals surface area (Å²) in [6.45, 7) is 13.5. The summed E-state index contributed by atoms with van der Waals surface area (Å²) < 4.78 is 46.4. The number of aryl methyl sites for hydroxylation is 2. The summed E-state index contributed by atoms with van der Waals surface area (Å²) in [5.74, 6) is 6.24. The van der Waals surface area contributed by atoms with Gasteiger partial charge in [-0.25, -0.2) is 0 Å². The number of morpholine rings is 1. The summed E-state index contributed by atoms with van der Waals surface area (Å²) in [6, 6.07) is 9.55. The second-order valence-electron chi connectivity index (χ2n) is 11.7. The Labute approximate surface area is 266 Å². The molecule has 2 aliphatic heterocycles. The lowest BCUT2D eigenvalue weighted by molar-refractivity contribution is -0.137. The molecule has 238 valence electrons. The van der Waals surface area contributed by atoms with Crippen molar-refractivity contribution >= 4 is 36.4 Å². The summed E-state index contributed by atoms with van der Waals surface area (Å²) in [5.41, 5.74) is 2.86. The molecule has 2 aromatic rings. The average molecular weight is 644 g/mol. The Balaban J connectivity index is 0.00000323. The standard InChI is InChI=1S/C32H41F3N4O2.2ClH/c1-23-8-9-25(16-24(23)2)17-29-21-37(10-6-7-11-38-14-15-41-22-31(38,3)4)12-13-39(29)30(40)26-18-27(32(33,34)35)20-28(19-26)36-5;;/h8-9,16,18-20,29,36H,10-15,17,21-22H2,1-5H3;2*1H/t29-;;/m1../s1. The lowest BCUT2D eigenvalue weighted by Crippen LogP contribution is -2.56. The van der Waals surface area contributed by atoms with E-state index in [9.17, 15) is 18.0 Å². The van der Waals surface area contributed by atoms with E-state index in [2.05, 4.69) is 72.9 Å². The molecule has 2 saturated heterocycles. The molecule has 11 heteroatoms. The number of nitrogens with zero attached hydrogens (tertiary/aromatic N) is 3. The van der Waals surface area contributed by atoms with Crippen LogP contribution in [0.5, 0.6) is 0 Å². The van der Waals surface area contributed by atoms with Gasteiger partial charge in [0.2, 0.25) is 0 Å². The first-order valence-corrected chi connectivity index (χ1v) is 14.2. The Morgan fingerprint density at radius 1 is 1.02 bits per heavy atom. The third kappa shape index (κ3) is 9.50. The van der Waals surface area contributed by atoms with Gasteiger partial charge >= 0.3 is 6.18 Å². The molecule has 0 saturated carbocycles. The number of hydrogen-bond acceptors (Lipinski definition) is 5. The van der Waals surface area contributed by atoms with Crippen LogP contribution in [0.2, 0.25) is 0 Å². The van der Waals surface area contributed by atoms with Crippen molar-refractivity contribution in [1.82, 2.24) is 14.7 Å². The normalized spacial score (nSPS) is 19.0. The van der Waals surface area contributed by atoms with E-state index in [1.165, 1.54) is 17.2 Å². The SMILES string of the molecule is CNc1cc(C(=O)N2CCN(CC#CCN3CCOCC3(C)C)C[C@H]2Cc2ccc(C)c(C)c2)cc(C(F)(F)F)c1.Cl.Cl. The molecule has 4 rings (SSSR count). The van der Waals surface area contributed by atoms with Crippen LogP contribution in [0.4, 0.5) is 18.9 Å². The molecule has 0 aliphatic carbocycles. The van der Waals surface area contributed by atoms with Crippen LogP contribution in [0.1, 0.15) is 46.5 Å². The summed E-state index contributed by atoms with van der Waals surface area (Å²) in [5, 5.41) is 2.76. The van der Waals surface area contributed by atoms with Crippen molar-refractivity contribution in [2.75, 3.05) is 64.8 Å². The molecule has 0 spiro atoms. The Hall–Kier alpha value is -2.48. The Morgan fingerprint density at radius 2 is 1.74 bits per heavy atom. The second-order valence-corrected chi connectivity index (χ2v) is 11.7. The highest BCUT2D eigenvalue weighted by Gasteiger charge is 2.35. The first-order chi connectivity index (χ1) is 19.4. The smallest absolute Gasteiger partial charge is 0.388 e. The number of amides is 1. The van der Waals surface area contributed by atoms with Crippen molar-refractivity contribution in [2.45, 2.75) is 51.9 Å². The van der Waals surface area contributed by atoms with E-state index in [0.29, 0.717) is 52.4 Å². The monoisotopic (exact) mass is 642 g/mol. The van der Waals surface area contributed by atoms with Crippen molar-refractivity contribution < 1.29 is 22.7 Å². The molecule has 0 radical (unpaired) electrons. The fourth-order valence-electron chi connectivity index (χ4n) is 5.44. The van der Waals surface area contributed by atoms with Crippen molar-refractivity contribution in [1.29, 1.82) is 0 Å². The molecule has 1 atom stereocenters. The summed E-state index contributed by atoms with van der Waals surface area (Å²) >= 11 is 0. The maximum absolute atomic E-state index is 13.7. The zero-order valence-electron chi connectivity index (χ0n) is 25.5. The molecule has 2 aromatic carbocycles. The third-order valence-electron chi connectivity index (χ3n) is 8.18. The highest BCUT2D eigenvalue weighted by atomic mass is 35.5. The largest absolute Gasteiger partial charge is 0.416 e. The Morgan fingerprint density at radius 3 is 2.40 bits per heavy atom. The second kappa shape index (κ2) is 15.5. The number of nitrogens with one attached hydrogen (secondary N) is 1. The van der Waals surface area contributed by atoms with Crippen LogP contribution in [0.3, 0.4) is 0 Å². The molecule has 6 nitrogen and oxygen atoms in total. The number of alkyl halides is 3. The lowest BCUT2D eigenvalue weighted by atomic mass is 9.97. The number of piperazine rings is 1. The van der Waals surface area contributed by atoms with Crippen LogP contribution in [0.15, 0.2) is 36.4 Å². The number of ether oxygens (including phenoxy) is 1. The van der Waals surface area contributed by atoms with E-state index >= 15 is 0 Å². The first kappa shape index (κ1) is 36.7. The highest BCUT2D eigenvalue weighted by Crippen LogP contribution is 2.33. The van der Waals surface area contributed by atoms with E-state index in [-0.39, 0.29) is 53.6 Å². The van der Waals surface area contributed by atoms with Gasteiger partial charge in [-0.2, -0.15) is 13.2 Å². The van der Waals surface area contributed by atoms with E-state index in [1.54, 1.807) is 11.9 Å². The van der Waals surface area contributed by atoms with Gasteiger partial charge in [-0.05, 0) is 69.0 Å². The Kier molecular flexibility index (Phi) is 13.2. The molecule has 0 unspecified atom stereocenters. The Bertz CT molecular complexity index is 1310.